The third kappa shape index (κ3) is 4.48. The van der Waals surface area contributed by atoms with Gasteiger partial charge in [0.05, 0.1) is 13.2 Å². The zero-order chi connectivity index (χ0) is 16.8. The normalized spacial score (nSPS) is 24.3. The molecule has 2 saturated heterocycles. The first-order chi connectivity index (χ1) is 11.8. The van der Waals surface area contributed by atoms with Crippen molar-refractivity contribution < 1.29 is 4.74 Å². The second kappa shape index (κ2) is 8.48. The Hall–Kier alpha value is -1.60. The lowest BCUT2D eigenvalue weighted by Gasteiger charge is -2.32. The summed E-state index contributed by atoms with van der Waals surface area (Å²) in [6, 6.07) is 2.60. The van der Waals surface area contributed by atoms with Gasteiger partial charge in [-0.1, -0.05) is 6.92 Å². The van der Waals surface area contributed by atoms with E-state index in [9.17, 15) is 0 Å². The number of aliphatic imine (C=N–C) groups is 1. The highest BCUT2D eigenvalue weighted by Gasteiger charge is 2.30. The monoisotopic (exact) mass is 334 g/mol. The molecule has 1 aromatic rings. The van der Waals surface area contributed by atoms with Crippen LogP contribution >= 0.6 is 0 Å². The first-order valence-corrected chi connectivity index (χ1v) is 9.01. The fourth-order valence-corrected chi connectivity index (χ4v) is 3.56. The lowest BCUT2D eigenvalue weighted by atomic mass is 10.2. The molecule has 3 heterocycles. The molecule has 0 amide bonds. The molecule has 0 aromatic carbocycles. The molecule has 1 N–H and O–H groups in total. The Balaban J connectivity index is 1.44. The van der Waals surface area contributed by atoms with Crippen LogP contribution < -0.4 is 5.32 Å². The summed E-state index contributed by atoms with van der Waals surface area (Å²) in [4.78, 5) is 9.44. The molecular formula is C17H30N6O. The zero-order valence-electron chi connectivity index (χ0n) is 14.9. The SMILES string of the molecule is CN=C(NCC(C)Cn1cccn1)N1CCC(N2CCOCC2)C1. The van der Waals surface area contributed by atoms with Crippen LogP contribution in [0.5, 0.6) is 0 Å². The van der Waals surface area contributed by atoms with Gasteiger partial charge in [-0.15, -0.1) is 0 Å². The maximum absolute atomic E-state index is 5.46. The number of morpholine rings is 1. The average Bonchev–Trinajstić information content (AvgIpc) is 3.28. The largest absolute Gasteiger partial charge is 0.379 e. The smallest absolute Gasteiger partial charge is 0.193 e. The van der Waals surface area contributed by atoms with Crippen LogP contribution in [0.2, 0.25) is 0 Å². The molecule has 0 saturated carbocycles. The third-order valence-corrected chi connectivity index (χ3v) is 4.90. The molecule has 2 aliphatic rings. The van der Waals surface area contributed by atoms with E-state index in [1.165, 1.54) is 6.42 Å². The minimum absolute atomic E-state index is 0.499. The molecule has 0 spiro atoms. The molecule has 2 aliphatic heterocycles. The quantitative estimate of drug-likeness (QED) is 0.628. The highest BCUT2D eigenvalue weighted by Crippen LogP contribution is 2.17. The van der Waals surface area contributed by atoms with E-state index >= 15 is 0 Å². The van der Waals surface area contributed by atoms with E-state index in [0.717, 1.165) is 58.4 Å². The summed E-state index contributed by atoms with van der Waals surface area (Å²) in [6.45, 7) is 10.1. The Morgan fingerprint density at radius 2 is 2.21 bits per heavy atom. The zero-order valence-corrected chi connectivity index (χ0v) is 14.9. The van der Waals surface area contributed by atoms with E-state index in [1.54, 1.807) is 0 Å². The van der Waals surface area contributed by atoms with Crippen LogP contribution in [0, 0.1) is 5.92 Å². The molecule has 0 bridgehead atoms. The van der Waals surface area contributed by atoms with Gasteiger partial charge in [0.2, 0.25) is 0 Å². The van der Waals surface area contributed by atoms with Crippen LogP contribution in [0.3, 0.4) is 0 Å². The van der Waals surface area contributed by atoms with E-state index in [2.05, 4.69) is 32.1 Å². The number of ether oxygens (including phenoxy) is 1. The maximum atomic E-state index is 5.46. The van der Waals surface area contributed by atoms with Gasteiger partial charge in [0.1, 0.15) is 0 Å². The minimum Gasteiger partial charge on any atom is -0.379 e. The number of aromatic nitrogens is 2. The van der Waals surface area contributed by atoms with E-state index in [4.69, 9.17) is 4.74 Å². The Morgan fingerprint density at radius 1 is 1.38 bits per heavy atom. The first kappa shape index (κ1) is 17.2. The molecule has 24 heavy (non-hydrogen) atoms. The molecule has 0 aliphatic carbocycles. The molecule has 134 valence electrons. The third-order valence-electron chi connectivity index (χ3n) is 4.90. The predicted octanol–water partition coefficient (Wildman–Crippen LogP) is 0.501. The van der Waals surface area contributed by atoms with Gasteiger partial charge in [0, 0.05) is 64.8 Å². The van der Waals surface area contributed by atoms with Crippen molar-refractivity contribution in [1.29, 1.82) is 0 Å². The van der Waals surface area contributed by atoms with Crippen molar-refractivity contribution >= 4 is 5.96 Å². The molecule has 7 nitrogen and oxygen atoms in total. The summed E-state index contributed by atoms with van der Waals surface area (Å²) in [5.41, 5.74) is 0. The lowest BCUT2D eigenvalue weighted by Crippen LogP contribution is -2.47. The van der Waals surface area contributed by atoms with E-state index in [-0.39, 0.29) is 0 Å². The highest BCUT2D eigenvalue weighted by atomic mass is 16.5. The number of nitrogens with one attached hydrogen (secondary N) is 1. The predicted molar refractivity (Wildman–Crippen MR) is 95.1 cm³/mol. The van der Waals surface area contributed by atoms with Crippen LogP contribution in [0.4, 0.5) is 0 Å². The number of hydrogen-bond acceptors (Lipinski definition) is 4. The fraction of sp³-hybridized carbons (Fsp3) is 0.765. The van der Waals surface area contributed by atoms with Crippen LogP contribution in [0.1, 0.15) is 13.3 Å². The summed E-state index contributed by atoms with van der Waals surface area (Å²) in [5, 5.41) is 7.81. The first-order valence-electron chi connectivity index (χ1n) is 9.01. The van der Waals surface area contributed by atoms with Crippen molar-refractivity contribution in [3.05, 3.63) is 18.5 Å². The second-order valence-corrected chi connectivity index (χ2v) is 6.80. The summed E-state index contributed by atoms with van der Waals surface area (Å²) >= 11 is 0. The molecular weight excluding hydrogens is 304 g/mol. The summed E-state index contributed by atoms with van der Waals surface area (Å²) in [6.07, 6.45) is 5.05. The Kier molecular flexibility index (Phi) is 6.09. The fourth-order valence-electron chi connectivity index (χ4n) is 3.56. The van der Waals surface area contributed by atoms with E-state index < -0.39 is 0 Å². The molecule has 3 rings (SSSR count). The standard InChI is InChI=1S/C17H30N6O/c1-15(13-23-6-3-5-20-23)12-19-17(18-2)22-7-4-16(14-22)21-8-10-24-11-9-21/h3,5-6,15-16H,4,7-14H2,1-2H3,(H,18,19). The van der Waals surface area contributed by atoms with Crippen molar-refractivity contribution in [2.45, 2.75) is 25.9 Å². The Morgan fingerprint density at radius 3 is 2.92 bits per heavy atom. The van der Waals surface area contributed by atoms with Crippen molar-refractivity contribution in [3.8, 4) is 0 Å². The summed E-state index contributed by atoms with van der Waals surface area (Å²) in [7, 11) is 1.88. The van der Waals surface area contributed by atoms with Crippen molar-refractivity contribution in [3.63, 3.8) is 0 Å². The van der Waals surface area contributed by atoms with E-state index in [0.29, 0.717) is 12.0 Å². The molecule has 2 atom stereocenters. The number of nitrogens with zero attached hydrogens (tertiary/aromatic N) is 5. The van der Waals surface area contributed by atoms with Crippen LogP contribution in [-0.2, 0) is 11.3 Å². The molecule has 7 heteroatoms. The lowest BCUT2D eigenvalue weighted by molar-refractivity contribution is 0.0195. The Bertz CT molecular complexity index is 511. The van der Waals surface area contributed by atoms with Crippen molar-refractivity contribution in [1.82, 2.24) is 24.9 Å². The number of rotatable bonds is 5. The molecule has 2 fully saturated rings. The van der Waals surface area contributed by atoms with Gasteiger partial charge >= 0.3 is 0 Å². The van der Waals surface area contributed by atoms with Crippen molar-refractivity contribution in [2.75, 3.05) is 53.0 Å². The maximum Gasteiger partial charge on any atom is 0.193 e. The Labute approximate surface area is 144 Å². The van der Waals surface area contributed by atoms with E-state index in [1.807, 2.05) is 30.2 Å². The average molecular weight is 334 g/mol. The highest BCUT2D eigenvalue weighted by molar-refractivity contribution is 5.80. The van der Waals surface area contributed by atoms with Crippen LogP contribution in [0.15, 0.2) is 23.5 Å². The van der Waals surface area contributed by atoms with Gasteiger partial charge in [-0.05, 0) is 18.4 Å². The van der Waals surface area contributed by atoms with Gasteiger partial charge in [0.15, 0.2) is 5.96 Å². The van der Waals surface area contributed by atoms with Crippen molar-refractivity contribution in [2.24, 2.45) is 10.9 Å². The molecule has 2 unspecified atom stereocenters. The van der Waals surface area contributed by atoms with Crippen LogP contribution in [-0.4, -0.2) is 84.6 Å². The van der Waals surface area contributed by atoms with Gasteiger partial charge < -0.3 is 15.0 Å². The minimum atomic E-state index is 0.499. The van der Waals surface area contributed by atoms with Gasteiger partial charge in [-0.25, -0.2) is 0 Å². The summed E-state index contributed by atoms with van der Waals surface area (Å²) in [5.74, 6) is 1.53. The molecule has 0 radical (unpaired) electrons. The summed E-state index contributed by atoms with van der Waals surface area (Å²) < 4.78 is 7.45. The van der Waals surface area contributed by atoms with Gasteiger partial charge in [-0.3, -0.25) is 14.6 Å². The van der Waals surface area contributed by atoms with Gasteiger partial charge in [0.25, 0.3) is 0 Å². The number of likely N-dealkylation sites (tertiary alicyclic amines) is 1. The topological polar surface area (TPSA) is 57.9 Å². The van der Waals surface area contributed by atoms with Gasteiger partial charge in [-0.2, -0.15) is 5.10 Å². The second-order valence-electron chi connectivity index (χ2n) is 6.80. The number of guanidine groups is 1. The number of hydrogen-bond donors (Lipinski definition) is 1. The van der Waals surface area contributed by atoms with Crippen LogP contribution in [0.25, 0.3) is 0 Å². The molecule has 1 aromatic heterocycles.